The average Bonchev–Trinajstić information content (AvgIpc) is 2.39. The van der Waals surface area contributed by atoms with E-state index in [0.717, 1.165) is 24.4 Å². The molecule has 0 aromatic heterocycles. The third-order valence-corrected chi connectivity index (χ3v) is 3.49. The van der Waals surface area contributed by atoms with Crippen LogP contribution in [-0.2, 0) is 0 Å². The van der Waals surface area contributed by atoms with E-state index in [0.29, 0.717) is 17.1 Å². The van der Waals surface area contributed by atoms with E-state index < -0.39 is 0 Å². The van der Waals surface area contributed by atoms with E-state index in [1.165, 1.54) is 0 Å². The number of amides is 1. The van der Waals surface area contributed by atoms with E-state index in [9.17, 15) is 4.79 Å². The summed E-state index contributed by atoms with van der Waals surface area (Å²) in [7, 11) is 0. The lowest BCUT2D eigenvalue weighted by Crippen LogP contribution is -2.32. The summed E-state index contributed by atoms with van der Waals surface area (Å²) in [6, 6.07) is 5.49. The fraction of sp³-hybridized carbons (Fsp3) is 0.462. The van der Waals surface area contributed by atoms with Crippen LogP contribution in [0, 0.1) is 0 Å². The highest BCUT2D eigenvalue weighted by Gasteiger charge is 2.10. The highest BCUT2D eigenvalue weighted by Crippen LogP contribution is 2.22. The minimum absolute atomic E-state index is 0. The maximum Gasteiger partial charge on any atom is 0.252 e. The Morgan fingerprint density at radius 3 is 2.68 bits per heavy atom. The Kier molecular flexibility index (Phi) is 10.1. The second-order valence-electron chi connectivity index (χ2n) is 3.85. The Hall–Kier alpha value is -0.420. The molecule has 0 heterocycles. The number of thioether (sulfide) groups is 1. The lowest BCUT2D eigenvalue weighted by atomic mass is 10.2. The number of nitrogens with one attached hydrogen (secondary N) is 2. The lowest BCUT2D eigenvalue weighted by molar-refractivity contribution is 0.0954. The van der Waals surface area contributed by atoms with Crippen molar-refractivity contribution in [2.75, 3.05) is 25.9 Å². The first-order valence-corrected chi connectivity index (χ1v) is 7.61. The van der Waals surface area contributed by atoms with Crippen LogP contribution in [-0.4, -0.2) is 31.8 Å². The number of halogens is 2. The number of hydrogen-bond acceptors (Lipinski definition) is 3. The van der Waals surface area contributed by atoms with E-state index in [1.807, 2.05) is 18.4 Å². The molecule has 19 heavy (non-hydrogen) atoms. The topological polar surface area (TPSA) is 41.1 Å². The van der Waals surface area contributed by atoms with Crippen LogP contribution in [0.3, 0.4) is 0 Å². The molecule has 0 fully saturated rings. The molecule has 6 heteroatoms. The van der Waals surface area contributed by atoms with Crippen LogP contribution in [0.1, 0.15) is 23.7 Å². The minimum atomic E-state index is -0.116. The van der Waals surface area contributed by atoms with Crippen molar-refractivity contribution in [2.45, 2.75) is 18.2 Å². The zero-order valence-corrected chi connectivity index (χ0v) is 13.6. The van der Waals surface area contributed by atoms with Crippen molar-refractivity contribution in [1.29, 1.82) is 0 Å². The lowest BCUT2D eigenvalue weighted by Gasteiger charge is -2.08. The Balaban J connectivity index is 0.00000324. The van der Waals surface area contributed by atoms with E-state index >= 15 is 0 Å². The van der Waals surface area contributed by atoms with Gasteiger partial charge < -0.3 is 10.6 Å². The van der Waals surface area contributed by atoms with Crippen molar-refractivity contribution in [1.82, 2.24) is 10.6 Å². The van der Waals surface area contributed by atoms with Crippen LogP contribution in [0.25, 0.3) is 0 Å². The van der Waals surface area contributed by atoms with Gasteiger partial charge >= 0.3 is 0 Å². The molecule has 1 rings (SSSR count). The van der Waals surface area contributed by atoms with Crippen molar-refractivity contribution in [3.63, 3.8) is 0 Å². The normalized spacial score (nSPS) is 9.84. The second-order valence-corrected chi connectivity index (χ2v) is 5.14. The zero-order chi connectivity index (χ0) is 13.4. The molecule has 0 aliphatic rings. The summed E-state index contributed by atoms with van der Waals surface area (Å²) < 4.78 is 0. The summed E-state index contributed by atoms with van der Waals surface area (Å²) in [5.41, 5.74) is 0.541. The van der Waals surface area contributed by atoms with Crippen LogP contribution in [0.5, 0.6) is 0 Å². The second kappa shape index (κ2) is 10.4. The molecule has 1 amide bonds. The molecule has 0 radical (unpaired) electrons. The van der Waals surface area contributed by atoms with E-state index in [-0.39, 0.29) is 18.3 Å². The number of hydrogen-bond donors (Lipinski definition) is 2. The molecule has 0 atom stereocenters. The highest BCUT2D eigenvalue weighted by atomic mass is 35.5. The van der Waals surface area contributed by atoms with Gasteiger partial charge in [-0.1, -0.05) is 18.5 Å². The molecule has 2 N–H and O–H groups in total. The summed E-state index contributed by atoms with van der Waals surface area (Å²) in [4.78, 5) is 13.0. The summed E-state index contributed by atoms with van der Waals surface area (Å²) in [5.74, 6) is -0.116. The van der Waals surface area contributed by atoms with Gasteiger partial charge in [-0.15, -0.1) is 24.2 Å². The molecule has 0 spiro atoms. The summed E-state index contributed by atoms with van der Waals surface area (Å²) >= 11 is 7.62. The molecule has 108 valence electrons. The first kappa shape index (κ1) is 18.6. The SMILES string of the molecule is CCCNCCNC(=O)c1cc(SC)ccc1Cl.Cl. The predicted molar refractivity (Wildman–Crippen MR) is 86.0 cm³/mol. The van der Waals surface area contributed by atoms with Crippen molar-refractivity contribution < 1.29 is 4.79 Å². The third-order valence-electron chi connectivity index (χ3n) is 2.43. The summed E-state index contributed by atoms with van der Waals surface area (Å²) in [5, 5.41) is 6.57. The van der Waals surface area contributed by atoms with Gasteiger partial charge in [0, 0.05) is 18.0 Å². The molecular formula is C13H20Cl2N2OS. The molecule has 0 aliphatic heterocycles. The van der Waals surface area contributed by atoms with Crippen molar-refractivity contribution in [3.8, 4) is 0 Å². The zero-order valence-electron chi connectivity index (χ0n) is 11.2. The fourth-order valence-corrected chi connectivity index (χ4v) is 2.11. The number of carbonyl (C=O) groups is 1. The Bertz CT molecular complexity index is 402. The van der Waals surface area contributed by atoms with E-state index in [2.05, 4.69) is 17.6 Å². The fourth-order valence-electron chi connectivity index (χ4n) is 1.47. The Morgan fingerprint density at radius 1 is 1.32 bits per heavy atom. The van der Waals surface area contributed by atoms with Crippen LogP contribution in [0.2, 0.25) is 5.02 Å². The van der Waals surface area contributed by atoms with Gasteiger partial charge in [-0.05, 0) is 37.4 Å². The van der Waals surface area contributed by atoms with Crippen LogP contribution in [0.15, 0.2) is 23.1 Å². The molecule has 0 saturated carbocycles. The molecule has 1 aromatic carbocycles. The van der Waals surface area contributed by atoms with Crippen LogP contribution >= 0.6 is 35.8 Å². The summed E-state index contributed by atoms with van der Waals surface area (Å²) in [6.07, 6.45) is 3.06. The Labute approximate surface area is 130 Å². The van der Waals surface area contributed by atoms with E-state index in [1.54, 1.807) is 17.8 Å². The monoisotopic (exact) mass is 322 g/mol. The van der Waals surface area contributed by atoms with Crippen molar-refractivity contribution >= 4 is 41.7 Å². The quantitative estimate of drug-likeness (QED) is 0.598. The van der Waals surface area contributed by atoms with Gasteiger partial charge in [0.25, 0.3) is 5.91 Å². The predicted octanol–water partition coefficient (Wildman–Crippen LogP) is 3.21. The number of rotatable bonds is 7. The standard InChI is InChI=1S/C13H19ClN2OS.ClH/c1-3-6-15-7-8-16-13(17)11-9-10(18-2)4-5-12(11)14;/h4-5,9,15H,3,6-8H2,1-2H3,(H,16,17);1H. The van der Waals surface area contributed by atoms with Gasteiger partial charge in [-0.2, -0.15) is 0 Å². The third kappa shape index (κ3) is 6.52. The molecule has 0 aliphatic carbocycles. The first-order valence-electron chi connectivity index (χ1n) is 6.01. The van der Waals surface area contributed by atoms with Gasteiger partial charge in [0.15, 0.2) is 0 Å². The maximum atomic E-state index is 11.9. The first-order chi connectivity index (χ1) is 8.69. The van der Waals surface area contributed by atoms with Gasteiger partial charge in [0.05, 0.1) is 10.6 Å². The molecule has 0 saturated heterocycles. The minimum Gasteiger partial charge on any atom is -0.351 e. The molecule has 3 nitrogen and oxygen atoms in total. The van der Waals surface area contributed by atoms with Crippen molar-refractivity contribution in [2.24, 2.45) is 0 Å². The van der Waals surface area contributed by atoms with Gasteiger partial charge in [0.2, 0.25) is 0 Å². The largest absolute Gasteiger partial charge is 0.351 e. The van der Waals surface area contributed by atoms with Gasteiger partial charge in [0.1, 0.15) is 0 Å². The molecular weight excluding hydrogens is 303 g/mol. The molecule has 0 unspecified atom stereocenters. The number of carbonyl (C=O) groups excluding carboxylic acids is 1. The van der Waals surface area contributed by atoms with Crippen molar-refractivity contribution in [3.05, 3.63) is 28.8 Å². The van der Waals surface area contributed by atoms with E-state index in [4.69, 9.17) is 11.6 Å². The van der Waals surface area contributed by atoms with Crippen LogP contribution in [0.4, 0.5) is 0 Å². The Morgan fingerprint density at radius 2 is 2.05 bits per heavy atom. The van der Waals surface area contributed by atoms with Crippen LogP contribution < -0.4 is 10.6 Å². The molecule has 0 bridgehead atoms. The maximum absolute atomic E-state index is 11.9. The number of benzene rings is 1. The summed E-state index contributed by atoms with van der Waals surface area (Å²) in [6.45, 7) is 4.47. The van der Waals surface area contributed by atoms with Gasteiger partial charge in [-0.25, -0.2) is 0 Å². The average molecular weight is 323 g/mol. The smallest absolute Gasteiger partial charge is 0.252 e. The van der Waals surface area contributed by atoms with Gasteiger partial charge in [-0.3, -0.25) is 4.79 Å². The highest BCUT2D eigenvalue weighted by molar-refractivity contribution is 7.98. The molecule has 1 aromatic rings.